The van der Waals surface area contributed by atoms with Crippen molar-refractivity contribution in [3.05, 3.63) is 34.9 Å². The first kappa shape index (κ1) is 23.3. The zero-order chi connectivity index (χ0) is 16.8. The molecule has 0 N–H and O–H groups in total. The SMILES string of the molecule is O=C([O-])c1cc(C#CC2C3CC4CC(C3)CC2C4)cc(C(=O)[O-])c1.[K+].[K+]. The van der Waals surface area contributed by atoms with E-state index in [1.807, 2.05) is 0 Å². The Bertz CT molecular complexity index is 718. The summed E-state index contributed by atoms with van der Waals surface area (Å²) in [5, 5.41) is 22.1. The Kier molecular flexibility index (Phi) is 8.65. The van der Waals surface area contributed by atoms with Gasteiger partial charge >= 0.3 is 103 Å². The van der Waals surface area contributed by atoms with Crippen molar-refractivity contribution in [2.45, 2.75) is 32.1 Å². The van der Waals surface area contributed by atoms with Crippen molar-refractivity contribution in [2.75, 3.05) is 0 Å². The quantitative estimate of drug-likeness (QED) is 0.367. The molecule has 0 saturated heterocycles. The summed E-state index contributed by atoms with van der Waals surface area (Å²) in [6, 6.07) is 3.81. The summed E-state index contributed by atoms with van der Waals surface area (Å²) in [5.41, 5.74) is 0.0573. The Hall–Kier alpha value is 0.993. The molecule has 4 nitrogen and oxygen atoms in total. The van der Waals surface area contributed by atoms with E-state index >= 15 is 0 Å². The third-order valence-electron chi connectivity index (χ3n) is 6.01. The standard InChI is InChI=1S/C20H20O4.2K/c21-19(22)16-4-11(5-17(10-16)20(23)24)1-2-18-14-6-12-3-13(8-14)9-15(18)7-12;;/h4-5,10,12-15,18H,3,6-9H2,(H,21,22)(H,23,24);;/q;2*+1/p-2. The number of hydrogen-bond acceptors (Lipinski definition) is 4. The van der Waals surface area contributed by atoms with Gasteiger partial charge in [0.25, 0.3) is 0 Å². The molecule has 26 heavy (non-hydrogen) atoms. The molecule has 6 heteroatoms. The number of aromatic carboxylic acids is 2. The smallest absolute Gasteiger partial charge is 0.545 e. The second-order valence-electron chi connectivity index (χ2n) is 7.60. The molecule has 0 spiro atoms. The topological polar surface area (TPSA) is 80.3 Å². The summed E-state index contributed by atoms with van der Waals surface area (Å²) < 4.78 is 0. The molecule has 5 rings (SSSR count). The molecule has 0 aliphatic heterocycles. The van der Waals surface area contributed by atoms with E-state index < -0.39 is 11.9 Å². The number of carboxylic acids is 2. The molecule has 0 unspecified atom stereocenters. The minimum atomic E-state index is -1.41. The molecule has 1 aromatic carbocycles. The summed E-state index contributed by atoms with van der Waals surface area (Å²) in [4.78, 5) is 22.1. The van der Waals surface area contributed by atoms with E-state index in [0.29, 0.717) is 23.3 Å². The minimum Gasteiger partial charge on any atom is -0.545 e. The van der Waals surface area contributed by atoms with E-state index in [1.54, 1.807) is 0 Å². The van der Waals surface area contributed by atoms with Gasteiger partial charge in [-0.3, -0.25) is 0 Å². The molecule has 4 aliphatic carbocycles. The number of hydrogen-bond donors (Lipinski definition) is 0. The van der Waals surface area contributed by atoms with Crippen LogP contribution in [0.5, 0.6) is 0 Å². The summed E-state index contributed by atoms with van der Waals surface area (Å²) in [7, 11) is 0. The van der Waals surface area contributed by atoms with Crippen molar-refractivity contribution in [3.8, 4) is 11.8 Å². The molecule has 0 atom stereocenters. The van der Waals surface area contributed by atoms with E-state index in [0.717, 1.165) is 17.9 Å². The number of carbonyl (C=O) groups excluding carboxylic acids is 2. The average molecular weight is 401 g/mol. The van der Waals surface area contributed by atoms with Crippen LogP contribution in [0.15, 0.2) is 18.2 Å². The first-order valence-corrected chi connectivity index (χ1v) is 8.59. The Labute approximate surface area is 238 Å². The van der Waals surface area contributed by atoms with Crippen LogP contribution in [0, 0.1) is 41.4 Å². The third kappa shape index (κ3) is 4.94. The van der Waals surface area contributed by atoms with Crippen molar-refractivity contribution in [2.24, 2.45) is 29.6 Å². The van der Waals surface area contributed by atoms with E-state index in [9.17, 15) is 19.8 Å². The summed E-state index contributed by atoms with van der Waals surface area (Å²) in [6.07, 6.45) is 6.42. The van der Waals surface area contributed by atoms with Crippen LogP contribution < -0.4 is 113 Å². The van der Waals surface area contributed by atoms with E-state index in [4.69, 9.17) is 0 Å². The molecular formula is C20H18K2O4. The number of carboxylic acid groups (broad SMARTS) is 2. The van der Waals surface area contributed by atoms with Crippen molar-refractivity contribution < 1.29 is 123 Å². The Morgan fingerprint density at radius 3 is 1.69 bits per heavy atom. The molecule has 0 aromatic heterocycles. The van der Waals surface area contributed by atoms with Gasteiger partial charge in [-0.2, -0.15) is 0 Å². The fourth-order valence-corrected chi connectivity index (χ4v) is 5.26. The van der Waals surface area contributed by atoms with Gasteiger partial charge < -0.3 is 19.8 Å². The normalized spacial score (nSPS) is 30.4. The molecule has 1 aromatic rings. The molecule has 4 bridgehead atoms. The van der Waals surface area contributed by atoms with Gasteiger partial charge in [0.15, 0.2) is 0 Å². The third-order valence-corrected chi connectivity index (χ3v) is 6.01. The van der Waals surface area contributed by atoms with Gasteiger partial charge in [0, 0.05) is 11.5 Å². The molecule has 0 radical (unpaired) electrons. The average Bonchev–Trinajstić information content (AvgIpc) is 2.53. The van der Waals surface area contributed by atoms with Crippen LogP contribution in [0.3, 0.4) is 0 Å². The fraction of sp³-hybridized carbons (Fsp3) is 0.500. The van der Waals surface area contributed by atoms with Gasteiger partial charge in [0.2, 0.25) is 0 Å². The second-order valence-corrected chi connectivity index (χ2v) is 7.60. The van der Waals surface area contributed by atoms with Crippen LogP contribution in [0.1, 0.15) is 58.4 Å². The zero-order valence-corrected chi connectivity index (χ0v) is 21.5. The molecule has 4 saturated carbocycles. The first-order chi connectivity index (χ1) is 11.5. The largest absolute Gasteiger partial charge is 1.00 e. The van der Waals surface area contributed by atoms with Gasteiger partial charge in [0.05, 0.1) is 11.9 Å². The van der Waals surface area contributed by atoms with Gasteiger partial charge in [-0.25, -0.2) is 0 Å². The maximum absolute atomic E-state index is 11.1. The Morgan fingerprint density at radius 1 is 0.808 bits per heavy atom. The predicted molar refractivity (Wildman–Crippen MR) is 82.5 cm³/mol. The molecule has 124 valence electrons. The van der Waals surface area contributed by atoms with Gasteiger partial charge in [0.1, 0.15) is 0 Å². The van der Waals surface area contributed by atoms with Gasteiger partial charge in [-0.05, 0) is 85.1 Å². The van der Waals surface area contributed by atoms with Crippen LogP contribution in [-0.4, -0.2) is 11.9 Å². The monoisotopic (exact) mass is 400 g/mol. The maximum atomic E-state index is 11.1. The Balaban J connectivity index is 0.00000121. The van der Waals surface area contributed by atoms with Crippen molar-refractivity contribution in [1.29, 1.82) is 0 Å². The first-order valence-electron chi connectivity index (χ1n) is 8.59. The molecular weight excluding hydrogens is 382 g/mol. The maximum Gasteiger partial charge on any atom is 1.00 e. The van der Waals surface area contributed by atoms with E-state index in [2.05, 4.69) is 11.8 Å². The number of benzene rings is 1. The van der Waals surface area contributed by atoms with Crippen LogP contribution in [-0.2, 0) is 0 Å². The molecule has 0 amide bonds. The van der Waals surface area contributed by atoms with Crippen molar-refractivity contribution in [3.63, 3.8) is 0 Å². The van der Waals surface area contributed by atoms with Crippen molar-refractivity contribution >= 4 is 11.9 Å². The van der Waals surface area contributed by atoms with Crippen LogP contribution in [0.25, 0.3) is 0 Å². The van der Waals surface area contributed by atoms with Gasteiger partial charge in [-0.15, -0.1) is 0 Å². The summed E-state index contributed by atoms with van der Waals surface area (Å²) >= 11 is 0. The summed E-state index contributed by atoms with van der Waals surface area (Å²) in [6.45, 7) is 0. The fourth-order valence-electron chi connectivity index (χ4n) is 5.26. The molecule has 0 heterocycles. The van der Waals surface area contributed by atoms with E-state index in [1.165, 1.54) is 44.2 Å². The Morgan fingerprint density at radius 2 is 1.27 bits per heavy atom. The van der Waals surface area contributed by atoms with Crippen LogP contribution >= 0.6 is 0 Å². The van der Waals surface area contributed by atoms with Crippen LogP contribution in [0.4, 0.5) is 0 Å². The van der Waals surface area contributed by atoms with E-state index in [-0.39, 0.29) is 114 Å². The van der Waals surface area contributed by atoms with Gasteiger partial charge in [-0.1, -0.05) is 11.8 Å². The summed E-state index contributed by atoms with van der Waals surface area (Å²) in [5.74, 6) is 6.96. The number of carbonyl (C=O) groups is 2. The molecule has 4 aliphatic rings. The van der Waals surface area contributed by atoms with Crippen LogP contribution in [0.2, 0.25) is 0 Å². The minimum absolute atomic E-state index is 0. The molecule has 4 fully saturated rings. The second kappa shape index (κ2) is 9.66. The van der Waals surface area contributed by atoms with Crippen molar-refractivity contribution in [1.82, 2.24) is 0 Å². The zero-order valence-electron chi connectivity index (χ0n) is 15.3. The number of rotatable bonds is 2. The predicted octanol–water partition coefficient (Wildman–Crippen LogP) is -5.15.